The second-order valence-corrected chi connectivity index (χ2v) is 6.47. The highest BCUT2D eigenvalue weighted by molar-refractivity contribution is 6.32. The largest absolute Gasteiger partial charge is 0.433 e. The second kappa shape index (κ2) is 7.05. The Kier molecular flexibility index (Phi) is 4.94. The van der Waals surface area contributed by atoms with E-state index in [0.29, 0.717) is 22.7 Å². The van der Waals surface area contributed by atoms with Crippen molar-refractivity contribution in [2.24, 2.45) is 0 Å². The minimum absolute atomic E-state index is 0.293. The standard InChI is InChI=1S/C19H14ClF3N4/c1-11-18(14-4-5-15(8-24)16(20)7-14)12(2)27(26-11)10-13-3-6-17(25-9-13)19(21,22)23/h3-7,9H,10H2,1-2H3. The molecule has 0 bridgehead atoms. The van der Waals surface area contributed by atoms with Gasteiger partial charge in [-0.25, -0.2) is 0 Å². The number of rotatable bonds is 3. The smallest absolute Gasteiger partial charge is 0.264 e. The fourth-order valence-electron chi connectivity index (χ4n) is 2.89. The van der Waals surface area contributed by atoms with Crippen LogP contribution < -0.4 is 0 Å². The molecule has 3 rings (SSSR count). The lowest BCUT2D eigenvalue weighted by atomic mass is 10.0. The van der Waals surface area contributed by atoms with Crippen molar-refractivity contribution in [2.45, 2.75) is 26.6 Å². The first-order chi connectivity index (χ1) is 12.7. The molecule has 4 nitrogen and oxygen atoms in total. The zero-order valence-corrected chi connectivity index (χ0v) is 15.2. The van der Waals surface area contributed by atoms with Gasteiger partial charge in [0.25, 0.3) is 0 Å². The van der Waals surface area contributed by atoms with Gasteiger partial charge < -0.3 is 0 Å². The molecule has 0 aliphatic carbocycles. The Bertz CT molecular complexity index is 1030. The van der Waals surface area contributed by atoms with Crippen molar-refractivity contribution in [3.8, 4) is 17.2 Å². The first kappa shape index (κ1) is 18.9. The van der Waals surface area contributed by atoms with Crippen molar-refractivity contribution in [2.75, 3.05) is 0 Å². The van der Waals surface area contributed by atoms with Crippen LogP contribution in [0.1, 0.15) is 28.2 Å². The molecule has 0 aliphatic rings. The number of pyridine rings is 1. The third kappa shape index (κ3) is 3.81. The predicted molar refractivity (Wildman–Crippen MR) is 95.2 cm³/mol. The van der Waals surface area contributed by atoms with Crippen LogP contribution in [0.4, 0.5) is 13.2 Å². The first-order valence-corrected chi connectivity index (χ1v) is 8.34. The van der Waals surface area contributed by atoms with Crippen molar-refractivity contribution >= 4 is 11.6 Å². The first-order valence-electron chi connectivity index (χ1n) is 7.97. The number of hydrogen-bond acceptors (Lipinski definition) is 3. The Balaban J connectivity index is 1.92. The maximum Gasteiger partial charge on any atom is 0.433 e. The molecule has 0 saturated carbocycles. The van der Waals surface area contributed by atoms with Crippen LogP contribution in [0.3, 0.4) is 0 Å². The van der Waals surface area contributed by atoms with E-state index >= 15 is 0 Å². The fourth-order valence-corrected chi connectivity index (χ4v) is 3.11. The minimum Gasteiger partial charge on any atom is -0.264 e. The van der Waals surface area contributed by atoms with Crippen LogP contribution in [0.15, 0.2) is 36.5 Å². The quantitative estimate of drug-likeness (QED) is 0.621. The maximum atomic E-state index is 12.6. The van der Waals surface area contributed by atoms with Gasteiger partial charge in [0.15, 0.2) is 0 Å². The van der Waals surface area contributed by atoms with E-state index in [1.807, 2.05) is 19.9 Å². The highest BCUT2D eigenvalue weighted by atomic mass is 35.5. The van der Waals surface area contributed by atoms with Gasteiger partial charge in [-0.15, -0.1) is 0 Å². The number of nitrogens with zero attached hydrogens (tertiary/aromatic N) is 4. The molecule has 3 aromatic rings. The fraction of sp³-hybridized carbons (Fsp3) is 0.211. The minimum atomic E-state index is -4.46. The van der Waals surface area contributed by atoms with Crippen LogP contribution in [-0.2, 0) is 12.7 Å². The predicted octanol–water partition coefficient (Wildman–Crippen LogP) is 5.15. The Morgan fingerprint density at radius 3 is 2.48 bits per heavy atom. The Morgan fingerprint density at radius 2 is 1.93 bits per heavy atom. The summed E-state index contributed by atoms with van der Waals surface area (Å²) in [6.07, 6.45) is -3.25. The number of alkyl halides is 3. The van der Waals surface area contributed by atoms with Crippen LogP contribution in [0.2, 0.25) is 5.02 Å². The van der Waals surface area contributed by atoms with Gasteiger partial charge in [-0.05, 0) is 43.2 Å². The van der Waals surface area contributed by atoms with Crippen LogP contribution in [0.5, 0.6) is 0 Å². The molecule has 0 aliphatic heterocycles. The number of halogens is 4. The Labute approximate surface area is 158 Å². The molecule has 0 spiro atoms. The van der Waals surface area contributed by atoms with Crippen LogP contribution >= 0.6 is 11.6 Å². The van der Waals surface area contributed by atoms with Gasteiger partial charge >= 0.3 is 6.18 Å². The average Bonchev–Trinajstić information content (AvgIpc) is 2.88. The van der Waals surface area contributed by atoms with E-state index in [-0.39, 0.29) is 0 Å². The zero-order valence-electron chi connectivity index (χ0n) is 14.5. The van der Waals surface area contributed by atoms with E-state index in [0.717, 1.165) is 28.6 Å². The molecule has 1 aromatic carbocycles. The molecule has 0 saturated heterocycles. The molecule has 0 amide bonds. The molecule has 138 valence electrons. The Morgan fingerprint density at radius 1 is 1.19 bits per heavy atom. The number of aryl methyl sites for hydroxylation is 1. The summed E-state index contributed by atoms with van der Waals surface area (Å²) in [6, 6.07) is 9.52. The highest BCUT2D eigenvalue weighted by Gasteiger charge is 2.32. The van der Waals surface area contributed by atoms with E-state index in [4.69, 9.17) is 16.9 Å². The normalized spacial score (nSPS) is 11.4. The van der Waals surface area contributed by atoms with Crippen LogP contribution in [0.25, 0.3) is 11.1 Å². The molecule has 2 aromatic heterocycles. The van der Waals surface area contributed by atoms with Crippen LogP contribution in [-0.4, -0.2) is 14.8 Å². The molecule has 0 radical (unpaired) electrons. The molecule has 8 heteroatoms. The van der Waals surface area contributed by atoms with Gasteiger partial charge in [-0.3, -0.25) is 9.67 Å². The SMILES string of the molecule is Cc1nn(Cc2ccc(C(F)(F)F)nc2)c(C)c1-c1ccc(C#N)c(Cl)c1. The van der Waals surface area contributed by atoms with Crippen molar-refractivity contribution in [3.05, 3.63) is 69.8 Å². The monoisotopic (exact) mass is 390 g/mol. The lowest BCUT2D eigenvalue weighted by Gasteiger charge is -2.08. The van der Waals surface area contributed by atoms with E-state index in [1.54, 1.807) is 22.9 Å². The molecule has 0 fully saturated rings. The van der Waals surface area contributed by atoms with E-state index < -0.39 is 11.9 Å². The van der Waals surface area contributed by atoms with Crippen molar-refractivity contribution in [1.82, 2.24) is 14.8 Å². The lowest BCUT2D eigenvalue weighted by Crippen LogP contribution is -2.09. The second-order valence-electron chi connectivity index (χ2n) is 6.06. The maximum absolute atomic E-state index is 12.6. The van der Waals surface area contributed by atoms with Crippen LogP contribution in [0, 0.1) is 25.2 Å². The highest BCUT2D eigenvalue weighted by Crippen LogP contribution is 2.31. The third-order valence-electron chi connectivity index (χ3n) is 4.21. The number of hydrogen-bond donors (Lipinski definition) is 0. The van der Waals surface area contributed by atoms with Crippen molar-refractivity contribution in [3.63, 3.8) is 0 Å². The Hall–Kier alpha value is -2.85. The molecular weight excluding hydrogens is 377 g/mol. The molecule has 0 unspecified atom stereocenters. The average molecular weight is 391 g/mol. The van der Waals surface area contributed by atoms with Crippen molar-refractivity contribution in [1.29, 1.82) is 5.26 Å². The number of nitriles is 1. The lowest BCUT2D eigenvalue weighted by molar-refractivity contribution is -0.141. The van der Waals surface area contributed by atoms with Gasteiger partial charge in [0.2, 0.25) is 0 Å². The summed E-state index contributed by atoms with van der Waals surface area (Å²) in [7, 11) is 0. The van der Waals surface area contributed by atoms with E-state index in [1.165, 1.54) is 12.3 Å². The van der Waals surface area contributed by atoms with Gasteiger partial charge in [0.05, 0.1) is 22.8 Å². The van der Waals surface area contributed by atoms with Gasteiger partial charge in [-0.2, -0.15) is 23.5 Å². The van der Waals surface area contributed by atoms with Gasteiger partial charge in [-0.1, -0.05) is 23.7 Å². The van der Waals surface area contributed by atoms with Gasteiger partial charge in [0.1, 0.15) is 11.8 Å². The van der Waals surface area contributed by atoms with E-state index in [9.17, 15) is 13.2 Å². The molecule has 0 atom stereocenters. The molecule has 2 heterocycles. The number of benzene rings is 1. The zero-order chi connectivity index (χ0) is 19.8. The summed E-state index contributed by atoms with van der Waals surface area (Å²) in [5.74, 6) is 0. The summed E-state index contributed by atoms with van der Waals surface area (Å²) in [4.78, 5) is 3.48. The molecule has 0 N–H and O–H groups in total. The molecular formula is C19H14ClF3N4. The molecule has 27 heavy (non-hydrogen) atoms. The summed E-state index contributed by atoms with van der Waals surface area (Å²) in [5.41, 5.74) is 3.37. The number of aromatic nitrogens is 3. The summed E-state index contributed by atoms with van der Waals surface area (Å²) in [6.45, 7) is 4.01. The topological polar surface area (TPSA) is 54.5 Å². The third-order valence-corrected chi connectivity index (χ3v) is 4.52. The van der Waals surface area contributed by atoms with Gasteiger partial charge in [0, 0.05) is 17.5 Å². The van der Waals surface area contributed by atoms with Crippen molar-refractivity contribution < 1.29 is 13.2 Å². The summed E-state index contributed by atoms with van der Waals surface area (Å²) >= 11 is 6.12. The summed E-state index contributed by atoms with van der Waals surface area (Å²) in [5, 5.41) is 13.8. The van der Waals surface area contributed by atoms with E-state index in [2.05, 4.69) is 10.1 Å². The summed E-state index contributed by atoms with van der Waals surface area (Å²) < 4.78 is 39.6.